The van der Waals surface area contributed by atoms with Crippen molar-refractivity contribution in [1.29, 1.82) is 0 Å². The lowest BCUT2D eigenvalue weighted by molar-refractivity contribution is 0.102. The normalized spacial score (nSPS) is 10.7. The number of hydrogen-bond acceptors (Lipinski definition) is 8. The zero-order valence-electron chi connectivity index (χ0n) is 13.5. The summed E-state index contributed by atoms with van der Waals surface area (Å²) in [5, 5.41) is 12.1. The number of ether oxygens (including phenoxy) is 2. The maximum Gasteiger partial charge on any atom is 0.206 e. The molecule has 0 unspecified atom stereocenters. The van der Waals surface area contributed by atoms with E-state index in [1.807, 2.05) is 13.8 Å². The number of aromatic nitrogens is 2. The molecular weight excluding hydrogens is 334 g/mol. The van der Waals surface area contributed by atoms with Crippen LogP contribution in [0.2, 0.25) is 0 Å². The number of benzene rings is 1. The summed E-state index contributed by atoms with van der Waals surface area (Å²) in [6.45, 7) is 4.07. The molecule has 2 rings (SSSR count). The number of methoxy groups -OCH3 is 2. The van der Waals surface area contributed by atoms with E-state index in [-0.39, 0.29) is 5.78 Å². The van der Waals surface area contributed by atoms with Crippen LogP contribution in [0.5, 0.6) is 11.5 Å². The molecule has 0 radical (unpaired) electrons. The van der Waals surface area contributed by atoms with Crippen LogP contribution in [0, 0.1) is 0 Å². The minimum absolute atomic E-state index is 0.00419. The number of ketones is 1. The van der Waals surface area contributed by atoms with Gasteiger partial charge in [0.25, 0.3) is 0 Å². The van der Waals surface area contributed by atoms with E-state index in [9.17, 15) is 4.79 Å². The van der Waals surface area contributed by atoms with Crippen LogP contribution in [0.3, 0.4) is 0 Å². The summed E-state index contributed by atoms with van der Waals surface area (Å²) in [5.74, 6) is 1.45. The van der Waals surface area contributed by atoms with Crippen molar-refractivity contribution < 1.29 is 14.3 Å². The van der Waals surface area contributed by atoms with Gasteiger partial charge in [0.2, 0.25) is 5.13 Å². The Morgan fingerprint density at radius 1 is 1.26 bits per heavy atom. The molecule has 1 N–H and O–H groups in total. The Morgan fingerprint density at radius 2 is 2.00 bits per heavy atom. The van der Waals surface area contributed by atoms with E-state index in [0.717, 1.165) is 9.47 Å². The molecule has 0 aliphatic rings. The van der Waals surface area contributed by atoms with Crippen molar-refractivity contribution >= 4 is 34.0 Å². The molecule has 0 fully saturated rings. The number of carbonyl (C=O) groups is 1. The standard InChI is InChI=1S/C15H19N3O3S2/c1-9(2)16-14-17-18-15(23-14)22-8-11(19)10-5-6-12(20-3)13(7-10)21-4/h5-7,9H,8H2,1-4H3,(H,16,17). The molecule has 0 amide bonds. The van der Waals surface area contributed by atoms with E-state index in [1.165, 1.54) is 23.1 Å². The Hall–Kier alpha value is -1.80. The van der Waals surface area contributed by atoms with Gasteiger partial charge in [-0.25, -0.2) is 0 Å². The van der Waals surface area contributed by atoms with Gasteiger partial charge in [-0.15, -0.1) is 10.2 Å². The SMILES string of the molecule is COc1ccc(C(=O)CSc2nnc(NC(C)C)s2)cc1OC. The molecule has 0 saturated carbocycles. The van der Waals surface area contributed by atoms with Crippen molar-refractivity contribution in [1.82, 2.24) is 10.2 Å². The number of hydrogen-bond donors (Lipinski definition) is 1. The summed E-state index contributed by atoms with van der Waals surface area (Å²) in [4.78, 5) is 12.3. The zero-order chi connectivity index (χ0) is 16.8. The van der Waals surface area contributed by atoms with Crippen LogP contribution < -0.4 is 14.8 Å². The zero-order valence-corrected chi connectivity index (χ0v) is 15.1. The molecule has 0 spiro atoms. The summed E-state index contributed by atoms with van der Waals surface area (Å²) in [5.41, 5.74) is 0.584. The highest BCUT2D eigenvalue weighted by molar-refractivity contribution is 8.01. The Morgan fingerprint density at radius 3 is 2.65 bits per heavy atom. The Kier molecular flexibility index (Phi) is 6.23. The fourth-order valence-electron chi connectivity index (χ4n) is 1.79. The molecule has 2 aromatic rings. The summed E-state index contributed by atoms with van der Waals surface area (Å²) < 4.78 is 11.2. The lowest BCUT2D eigenvalue weighted by Gasteiger charge is -2.08. The van der Waals surface area contributed by atoms with Crippen molar-refractivity contribution in [2.24, 2.45) is 0 Å². The highest BCUT2D eigenvalue weighted by Crippen LogP contribution is 2.30. The molecule has 6 nitrogen and oxygen atoms in total. The highest BCUT2D eigenvalue weighted by atomic mass is 32.2. The first kappa shape index (κ1) is 17.6. The minimum atomic E-state index is 0.00419. The van der Waals surface area contributed by atoms with E-state index >= 15 is 0 Å². The molecule has 1 aromatic carbocycles. The lowest BCUT2D eigenvalue weighted by atomic mass is 10.1. The second kappa shape index (κ2) is 8.16. The second-order valence-electron chi connectivity index (χ2n) is 4.95. The van der Waals surface area contributed by atoms with Gasteiger partial charge >= 0.3 is 0 Å². The Labute approximate surface area is 143 Å². The number of nitrogens with zero attached hydrogens (tertiary/aromatic N) is 2. The first-order valence-electron chi connectivity index (χ1n) is 7.01. The van der Waals surface area contributed by atoms with Crippen molar-refractivity contribution in [2.75, 3.05) is 25.3 Å². The van der Waals surface area contributed by atoms with E-state index in [2.05, 4.69) is 15.5 Å². The molecule has 0 atom stereocenters. The van der Waals surface area contributed by atoms with E-state index in [0.29, 0.717) is 28.9 Å². The third-order valence-electron chi connectivity index (χ3n) is 2.85. The number of rotatable bonds is 8. The largest absolute Gasteiger partial charge is 0.493 e. The fourth-order valence-corrected chi connectivity index (χ4v) is 3.59. The maximum absolute atomic E-state index is 12.3. The predicted octanol–water partition coefficient (Wildman–Crippen LogP) is 3.35. The Bertz CT molecular complexity index is 674. The van der Waals surface area contributed by atoms with Gasteiger partial charge in [-0.1, -0.05) is 23.1 Å². The van der Waals surface area contributed by atoms with E-state index < -0.39 is 0 Å². The summed E-state index contributed by atoms with van der Waals surface area (Å²) in [6.07, 6.45) is 0. The van der Waals surface area contributed by atoms with Crippen molar-refractivity contribution in [3.8, 4) is 11.5 Å². The van der Waals surface area contributed by atoms with Crippen LogP contribution in [-0.2, 0) is 0 Å². The fraction of sp³-hybridized carbons (Fsp3) is 0.400. The van der Waals surface area contributed by atoms with E-state index in [1.54, 1.807) is 32.4 Å². The molecule has 0 aliphatic heterocycles. The summed E-state index contributed by atoms with van der Waals surface area (Å²) in [6, 6.07) is 5.45. The van der Waals surface area contributed by atoms with Gasteiger partial charge in [-0.2, -0.15) is 0 Å². The molecule has 124 valence electrons. The number of thioether (sulfide) groups is 1. The van der Waals surface area contributed by atoms with Gasteiger partial charge in [-0.3, -0.25) is 4.79 Å². The second-order valence-corrected chi connectivity index (χ2v) is 7.15. The minimum Gasteiger partial charge on any atom is -0.493 e. The topological polar surface area (TPSA) is 73.3 Å². The highest BCUT2D eigenvalue weighted by Gasteiger charge is 2.13. The molecule has 0 bridgehead atoms. The van der Waals surface area contributed by atoms with Gasteiger partial charge in [0.15, 0.2) is 21.6 Å². The van der Waals surface area contributed by atoms with Crippen LogP contribution >= 0.6 is 23.1 Å². The van der Waals surface area contributed by atoms with Crippen molar-refractivity contribution in [3.63, 3.8) is 0 Å². The molecular formula is C15H19N3O3S2. The number of anilines is 1. The van der Waals surface area contributed by atoms with Crippen LogP contribution in [0.15, 0.2) is 22.5 Å². The van der Waals surface area contributed by atoms with Crippen molar-refractivity contribution in [3.05, 3.63) is 23.8 Å². The van der Waals surface area contributed by atoms with Crippen LogP contribution in [-0.4, -0.2) is 42.0 Å². The average molecular weight is 353 g/mol. The quantitative estimate of drug-likeness (QED) is 0.576. The molecule has 0 aliphatic carbocycles. The van der Waals surface area contributed by atoms with Gasteiger partial charge in [0.1, 0.15) is 0 Å². The summed E-state index contributed by atoms with van der Waals surface area (Å²) in [7, 11) is 3.11. The summed E-state index contributed by atoms with van der Waals surface area (Å²) >= 11 is 2.82. The van der Waals surface area contributed by atoms with Crippen molar-refractivity contribution in [2.45, 2.75) is 24.2 Å². The number of Topliss-reactive ketones (excluding diaryl/α,β-unsaturated/α-hetero) is 1. The van der Waals surface area contributed by atoms with Crippen LogP contribution in [0.1, 0.15) is 24.2 Å². The van der Waals surface area contributed by atoms with Crippen LogP contribution in [0.4, 0.5) is 5.13 Å². The first-order chi connectivity index (χ1) is 11.0. The third kappa shape index (κ3) is 4.84. The number of carbonyl (C=O) groups excluding carboxylic acids is 1. The first-order valence-corrected chi connectivity index (χ1v) is 8.81. The molecule has 1 aromatic heterocycles. The van der Waals surface area contributed by atoms with Gasteiger partial charge < -0.3 is 14.8 Å². The monoisotopic (exact) mass is 353 g/mol. The molecule has 8 heteroatoms. The predicted molar refractivity (Wildman–Crippen MR) is 93.3 cm³/mol. The van der Waals surface area contributed by atoms with Crippen LogP contribution in [0.25, 0.3) is 0 Å². The lowest BCUT2D eigenvalue weighted by Crippen LogP contribution is -2.08. The maximum atomic E-state index is 12.3. The molecule has 0 saturated heterocycles. The van der Waals surface area contributed by atoms with Gasteiger partial charge in [0.05, 0.1) is 20.0 Å². The number of nitrogens with one attached hydrogen (secondary N) is 1. The van der Waals surface area contributed by atoms with Gasteiger partial charge in [0, 0.05) is 11.6 Å². The van der Waals surface area contributed by atoms with Gasteiger partial charge in [-0.05, 0) is 32.0 Å². The smallest absolute Gasteiger partial charge is 0.206 e. The third-order valence-corrected chi connectivity index (χ3v) is 4.84. The average Bonchev–Trinajstić information content (AvgIpc) is 2.98. The van der Waals surface area contributed by atoms with E-state index in [4.69, 9.17) is 9.47 Å². The molecule has 1 heterocycles. The molecule has 23 heavy (non-hydrogen) atoms. The Balaban J connectivity index is 1.98.